The van der Waals surface area contributed by atoms with E-state index in [0.29, 0.717) is 5.56 Å². The minimum atomic E-state index is -3.54. The zero-order chi connectivity index (χ0) is 13.1. The molecule has 6 heteroatoms. The van der Waals surface area contributed by atoms with Crippen molar-refractivity contribution >= 4 is 10.0 Å². The SMILES string of the molecule is CC(CO)S(=O)(=O)N(C)Cc1cccc(F)c1. The van der Waals surface area contributed by atoms with Crippen molar-refractivity contribution < 1.29 is 17.9 Å². The molecule has 0 saturated heterocycles. The highest BCUT2D eigenvalue weighted by molar-refractivity contribution is 7.89. The predicted octanol–water partition coefficient (Wildman–Crippen LogP) is 0.968. The molecule has 0 spiro atoms. The van der Waals surface area contributed by atoms with E-state index >= 15 is 0 Å². The first-order valence-electron chi connectivity index (χ1n) is 5.18. The molecule has 4 nitrogen and oxygen atoms in total. The van der Waals surface area contributed by atoms with Crippen molar-refractivity contribution in [2.24, 2.45) is 0 Å². The van der Waals surface area contributed by atoms with Crippen LogP contribution in [-0.2, 0) is 16.6 Å². The first-order valence-corrected chi connectivity index (χ1v) is 6.68. The third-order valence-electron chi connectivity index (χ3n) is 2.49. The number of hydrogen-bond donors (Lipinski definition) is 1. The summed E-state index contributed by atoms with van der Waals surface area (Å²) in [6.45, 7) is 1.08. The van der Waals surface area contributed by atoms with Crippen LogP contribution >= 0.6 is 0 Å². The Bertz CT molecular complexity index is 475. The molecule has 0 heterocycles. The summed E-state index contributed by atoms with van der Waals surface area (Å²) in [5.41, 5.74) is 0.571. The monoisotopic (exact) mass is 261 g/mol. The smallest absolute Gasteiger partial charge is 0.219 e. The van der Waals surface area contributed by atoms with E-state index in [9.17, 15) is 12.8 Å². The molecule has 17 heavy (non-hydrogen) atoms. The normalized spacial score (nSPS) is 13.9. The highest BCUT2D eigenvalue weighted by Gasteiger charge is 2.25. The second-order valence-corrected chi connectivity index (χ2v) is 6.38. The molecule has 0 aromatic heterocycles. The largest absolute Gasteiger partial charge is 0.395 e. The fraction of sp³-hybridized carbons (Fsp3) is 0.455. The lowest BCUT2D eigenvalue weighted by Crippen LogP contribution is -2.36. The van der Waals surface area contributed by atoms with Crippen LogP contribution in [0.25, 0.3) is 0 Å². The van der Waals surface area contributed by atoms with Crippen LogP contribution in [0.4, 0.5) is 4.39 Å². The summed E-state index contributed by atoms with van der Waals surface area (Å²) in [5.74, 6) is -0.400. The van der Waals surface area contributed by atoms with Crippen molar-refractivity contribution in [2.75, 3.05) is 13.7 Å². The molecule has 1 unspecified atom stereocenters. The number of benzene rings is 1. The molecule has 0 aliphatic rings. The van der Waals surface area contributed by atoms with Crippen molar-refractivity contribution in [3.63, 3.8) is 0 Å². The Morgan fingerprint density at radius 2 is 2.12 bits per heavy atom. The van der Waals surface area contributed by atoms with Crippen molar-refractivity contribution in [1.82, 2.24) is 4.31 Å². The molecule has 0 saturated carbocycles. The van der Waals surface area contributed by atoms with Gasteiger partial charge in [0.05, 0.1) is 11.9 Å². The molecule has 1 N–H and O–H groups in total. The average molecular weight is 261 g/mol. The molecule has 0 radical (unpaired) electrons. The molecule has 0 aliphatic carbocycles. The number of rotatable bonds is 5. The molecule has 96 valence electrons. The zero-order valence-corrected chi connectivity index (χ0v) is 10.6. The van der Waals surface area contributed by atoms with Gasteiger partial charge in [0, 0.05) is 13.6 Å². The second kappa shape index (κ2) is 5.57. The zero-order valence-electron chi connectivity index (χ0n) is 9.80. The topological polar surface area (TPSA) is 57.6 Å². The molecule has 1 rings (SSSR count). The third-order valence-corrected chi connectivity index (χ3v) is 4.66. The number of sulfonamides is 1. The predicted molar refractivity (Wildman–Crippen MR) is 63.3 cm³/mol. The number of halogens is 1. The Balaban J connectivity index is 2.83. The number of aliphatic hydroxyl groups is 1. The summed E-state index contributed by atoms with van der Waals surface area (Å²) in [4.78, 5) is 0. The molecule has 1 aromatic rings. The Hall–Kier alpha value is -0.980. The molecular weight excluding hydrogens is 245 g/mol. The summed E-state index contributed by atoms with van der Waals surface area (Å²) >= 11 is 0. The van der Waals surface area contributed by atoms with E-state index in [4.69, 9.17) is 5.11 Å². The first kappa shape index (κ1) is 14.1. The van der Waals surface area contributed by atoms with E-state index in [0.717, 1.165) is 4.31 Å². The molecule has 1 atom stereocenters. The minimum Gasteiger partial charge on any atom is -0.395 e. The molecular formula is C11H16FNO3S. The van der Waals surface area contributed by atoms with Gasteiger partial charge in [0.15, 0.2) is 0 Å². The molecule has 0 fully saturated rings. The Labute approximate surface area is 101 Å². The van der Waals surface area contributed by atoms with Crippen LogP contribution in [-0.4, -0.2) is 36.7 Å². The van der Waals surface area contributed by atoms with Gasteiger partial charge in [-0.1, -0.05) is 12.1 Å². The second-order valence-electron chi connectivity index (χ2n) is 3.92. The summed E-state index contributed by atoms with van der Waals surface area (Å²) in [5, 5.41) is 8.00. The van der Waals surface area contributed by atoms with Crippen LogP contribution in [0.1, 0.15) is 12.5 Å². The van der Waals surface area contributed by atoms with Crippen molar-refractivity contribution in [3.8, 4) is 0 Å². The summed E-state index contributed by atoms with van der Waals surface area (Å²) in [6.07, 6.45) is 0. The lowest BCUT2D eigenvalue weighted by Gasteiger charge is -2.20. The Morgan fingerprint density at radius 1 is 1.47 bits per heavy atom. The van der Waals surface area contributed by atoms with Crippen LogP contribution in [0.15, 0.2) is 24.3 Å². The van der Waals surface area contributed by atoms with Gasteiger partial charge in [-0.05, 0) is 24.6 Å². The van der Waals surface area contributed by atoms with Gasteiger partial charge in [0.2, 0.25) is 10.0 Å². The van der Waals surface area contributed by atoms with Crippen molar-refractivity contribution in [1.29, 1.82) is 0 Å². The standard InChI is InChI=1S/C11H16FNO3S/c1-9(8-14)17(15,16)13(2)7-10-4-3-5-11(12)6-10/h3-6,9,14H,7-8H2,1-2H3. The molecule has 1 aromatic carbocycles. The van der Waals surface area contributed by atoms with Gasteiger partial charge in [-0.2, -0.15) is 0 Å². The Kier molecular flexibility index (Phi) is 4.62. The van der Waals surface area contributed by atoms with Crippen molar-refractivity contribution in [2.45, 2.75) is 18.7 Å². The van der Waals surface area contributed by atoms with Crippen LogP contribution in [0.2, 0.25) is 0 Å². The van der Waals surface area contributed by atoms with Gasteiger partial charge >= 0.3 is 0 Å². The molecule has 0 aliphatic heterocycles. The van der Waals surface area contributed by atoms with Gasteiger partial charge < -0.3 is 5.11 Å². The van der Waals surface area contributed by atoms with E-state index < -0.39 is 27.7 Å². The van der Waals surface area contributed by atoms with Gasteiger partial charge in [-0.15, -0.1) is 0 Å². The lowest BCUT2D eigenvalue weighted by molar-refractivity contribution is 0.290. The van der Waals surface area contributed by atoms with Crippen LogP contribution in [0, 0.1) is 5.82 Å². The minimum absolute atomic E-state index is 0.0877. The third kappa shape index (κ3) is 3.49. The maximum Gasteiger partial charge on any atom is 0.219 e. The quantitative estimate of drug-likeness (QED) is 0.859. The fourth-order valence-electron chi connectivity index (χ4n) is 1.38. The fourth-order valence-corrected chi connectivity index (χ4v) is 2.52. The number of hydrogen-bond acceptors (Lipinski definition) is 3. The summed E-state index contributed by atoms with van der Waals surface area (Å²) in [6, 6.07) is 5.77. The van der Waals surface area contributed by atoms with Gasteiger partial charge in [0.25, 0.3) is 0 Å². The van der Waals surface area contributed by atoms with E-state index in [-0.39, 0.29) is 6.54 Å². The summed E-state index contributed by atoms with van der Waals surface area (Å²) in [7, 11) is -2.13. The van der Waals surface area contributed by atoms with Crippen molar-refractivity contribution in [3.05, 3.63) is 35.6 Å². The van der Waals surface area contributed by atoms with E-state index in [2.05, 4.69) is 0 Å². The Morgan fingerprint density at radius 3 is 2.65 bits per heavy atom. The first-order chi connectivity index (χ1) is 7.87. The average Bonchev–Trinajstić information content (AvgIpc) is 2.27. The van der Waals surface area contributed by atoms with Gasteiger partial charge in [-0.25, -0.2) is 17.1 Å². The maximum atomic E-state index is 12.9. The number of aliphatic hydroxyl groups excluding tert-OH is 1. The number of nitrogens with zero attached hydrogens (tertiary/aromatic N) is 1. The maximum absolute atomic E-state index is 12.9. The highest BCUT2D eigenvalue weighted by atomic mass is 32.2. The van der Waals surface area contributed by atoms with Gasteiger partial charge in [0.1, 0.15) is 5.82 Å². The van der Waals surface area contributed by atoms with E-state index in [1.807, 2.05) is 0 Å². The van der Waals surface area contributed by atoms with Crippen LogP contribution in [0.5, 0.6) is 0 Å². The van der Waals surface area contributed by atoms with Crippen LogP contribution < -0.4 is 0 Å². The summed E-state index contributed by atoms with van der Waals surface area (Å²) < 4.78 is 37.7. The van der Waals surface area contributed by atoms with E-state index in [1.165, 1.54) is 32.2 Å². The highest BCUT2D eigenvalue weighted by Crippen LogP contribution is 2.12. The molecule has 0 amide bonds. The molecule has 0 bridgehead atoms. The van der Waals surface area contributed by atoms with Gasteiger partial charge in [-0.3, -0.25) is 0 Å². The van der Waals surface area contributed by atoms with Crippen LogP contribution in [0.3, 0.4) is 0 Å². The lowest BCUT2D eigenvalue weighted by atomic mass is 10.2. The van der Waals surface area contributed by atoms with E-state index in [1.54, 1.807) is 6.07 Å².